The van der Waals surface area contributed by atoms with Crippen molar-refractivity contribution >= 4 is 5.91 Å². The van der Waals surface area contributed by atoms with E-state index in [1.165, 1.54) is 12.1 Å². The Morgan fingerprint density at radius 2 is 1.72 bits per heavy atom. The van der Waals surface area contributed by atoms with Crippen LogP contribution in [0.2, 0.25) is 0 Å². The van der Waals surface area contributed by atoms with E-state index >= 15 is 0 Å². The molecule has 0 spiro atoms. The highest BCUT2D eigenvalue weighted by Gasteiger charge is 2.39. The molecule has 0 saturated carbocycles. The minimum atomic E-state index is -1.61. The van der Waals surface area contributed by atoms with Crippen molar-refractivity contribution in [3.05, 3.63) is 69.0 Å². The van der Waals surface area contributed by atoms with E-state index in [0.717, 1.165) is 16.8 Å². The number of hydrogen-bond acceptors (Lipinski definition) is 7. The lowest BCUT2D eigenvalue weighted by molar-refractivity contribution is -0.212. The molecule has 0 bridgehead atoms. The van der Waals surface area contributed by atoms with Crippen LogP contribution in [0.3, 0.4) is 0 Å². The molecule has 132 valence electrons. The van der Waals surface area contributed by atoms with Crippen LogP contribution in [0, 0.1) is 0 Å². The minimum Gasteiger partial charge on any atom is -0.388 e. The molecule has 0 amide bonds. The van der Waals surface area contributed by atoms with Crippen molar-refractivity contribution in [2.24, 2.45) is 0 Å². The molecule has 2 aromatic rings. The number of aliphatic hydroxyl groups excluding tert-OH is 3. The van der Waals surface area contributed by atoms with Crippen molar-refractivity contribution in [3.63, 3.8) is 0 Å². The molecular formula is C16H16N2O7. The smallest absolute Gasteiger partial charge is 0.340 e. The number of aliphatic hydroxyl groups is 3. The van der Waals surface area contributed by atoms with Gasteiger partial charge in [0.15, 0.2) is 6.23 Å². The molecule has 4 atom stereocenters. The molecular weight excluding hydrogens is 332 g/mol. The topological polar surface area (TPSA) is 131 Å². The number of carbonyl (C=O) groups is 1. The van der Waals surface area contributed by atoms with Gasteiger partial charge in [0.25, 0.3) is 11.5 Å². The van der Waals surface area contributed by atoms with Crippen LogP contribution >= 0.6 is 0 Å². The summed E-state index contributed by atoms with van der Waals surface area (Å²) in [4.78, 5) is 37.1. The minimum absolute atomic E-state index is 0.139. The highest BCUT2D eigenvalue weighted by Crippen LogP contribution is 2.22. The highest BCUT2D eigenvalue weighted by atomic mass is 16.5. The van der Waals surface area contributed by atoms with Gasteiger partial charge in [0.2, 0.25) is 0 Å². The van der Waals surface area contributed by atoms with Gasteiger partial charge in [-0.05, 0) is 12.1 Å². The zero-order valence-electron chi connectivity index (χ0n) is 12.9. The molecule has 1 aliphatic heterocycles. The second kappa shape index (κ2) is 6.73. The molecule has 3 N–H and O–H groups in total. The van der Waals surface area contributed by atoms with Crippen LogP contribution in [0.4, 0.5) is 0 Å². The lowest BCUT2D eigenvalue weighted by Gasteiger charge is -2.35. The van der Waals surface area contributed by atoms with Crippen molar-refractivity contribution in [1.82, 2.24) is 9.13 Å². The third-order valence-electron chi connectivity index (χ3n) is 3.98. The second-order valence-corrected chi connectivity index (χ2v) is 5.62. The van der Waals surface area contributed by atoms with Crippen LogP contribution in [0.25, 0.3) is 0 Å². The van der Waals surface area contributed by atoms with Crippen molar-refractivity contribution < 1.29 is 24.9 Å². The van der Waals surface area contributed by atoms with Gasteiger partial charge in [-0.2, -0.15) is 4.57 Å². The summed E-state index contributed by atoms with van der Waals surface area (Å²) in [6.07, 6.45) is -4.73. The average molecular weight is 348 g/mol. The first kappa shape index (κ1) is 17.2. The largest absolute Gasteiger partial charge is 0.388 e. The van der Waals surface area contributed by atoms with Crippen LogP contribution in [0.15, 0.2) is 52.2 Å². The highest BCUT2D eigenvalue weighted by molar-refractivity contribution is 5.95. The zero-order chi connectivity index (χ0) is 18.1. The van der Waals surface area contributed by atoms with Gasteiger partial charge in [0.05, 0.1) is 6.61 Å². The number of benzene rings is 1. The quantitative estimate of drug-likeness (QED) is 0.590. The van der Waals surface area contributed by atoms with Gasteiger partial charge >= 0.3 is 5.69 Å². The van der Waals surface area contributed by atoms with E-state index in [9.17, 15) is 29.7 Å². The van der Waals surface area contributed by atoms with Crippen molar-refractivity contribution in [2.75, 3.05) is 6.61 Å². The maximum atomic E-state index is 12.6. The maximum Gasteiger partial charge on any atom is 0.340 e. The first-order valence-corrected chi connectivity index (χ1v) is 7.51. The Kier molecular flexibility index (Phi) is 4.64. The van der Waals surface area contributed by atoms with Gasteiger partial charge in [-0.1, -0.05) is 18.2 Å². The van der Waals surface area contributed by atoms with E-state index in [1.54, 1.807) is 18.2 Å². The van der Waals surface area contributed by atoms with Gasteiger partial charge in [0, 0.05) is 17.8 Å². The summed E-state index contributed by atoms with van der Waals surface area (Å²) in [5, 5.41) is 29.3. The van der Waals surface area contributed by atoms with Crippen molar-refractivity contribution in [2.45, 2.75) is 24.5 Å². The summed E-state index contributed by atoms with van der Waals surface area (Å²) < 4.78 is 6.45. The van der Waals surface area contributed by atoms with E-state index in [-0.39, 0.29) is 12.2 Å². The second-order valence-electron chi connectivity index (χ2n) is 5.62. The van der Waals surface area contributed by atoms with Gasteiger partial charge in [-0.3, -0.25) is 14.2 Å². The molecule has 0 aliphatic carbocycles. The van der Waals surface area contributed by atoms with Crippen LogP contribution in [0.1, 0.15) is 16.6 Å². The molecule has 1 aliphatic rings. The fraction of sp³-hybridized carbons (Fsp3) is 0.312. The van der Waals surface area contributed by atoms with Crippen LogP contribution in [0.5, 0.6) is 0 Å². The summed E-state index contributed by atoms with van der Waals surface area (Å²) in [5.74, 6) is -0.823. The molecule has 25 heavy (non-hydrogen) atoms. The molecule has 1 unspecified atom stereocenters. The van der Waals surface area contributed by atoms with Crippen molar-refractivity contribution in [1.29, 1.82) is 0 Å². The molecule has 9 heteroatoms. The molecule has 1 saturated heterocycles. The van der Waals surface area contributed by atoms with Crippen molar-refractivity contribution in [3.8, 4) is 0 Å². The molecule has 1 aromatic heterocycles. The average Bonchev–Trinajstić information content (AvgIpc) is 2.61. The summed E-state index contributed by atoms with van der Waals surface area (Å²) in [5.41, 5.74) is -1.71. The Balaban J connectivity index is 2.06. The van der Waals surface area contributed by atoms with E-state index in [0.29, 0.717) is 4.57 Å². The van der Waals surface area contributed by atoms with Crippen LogP contribution in [-0.2, 0) is 4.74 Å². The van der Waals surface area contributed by atoms with Crippen LogP contribution in [-0.4, -0.2) is 55.3 Å². The van der Waals surface area contributed by atoms with E-state index in [2.05, 4.69) is 0 Å². The zero-order valence-corrected chi connectivity index (χ0v) is 12.9. The Morgan fingerprint density at radius 3 is 2.40 bits per heavy atom. The van der Waals surface area contributed by atoms with Crippen LogP contribution < -0.4 is 11.2 Å². The van der Waals surface area contributed by atoms with E-state index in [1.807, 2.05) is 0 Å². The Labute approximate surface area is 141 Å². The van der Waals surface area contributed by atoms with Gasteiger partial charge < -0.3 is 20.1 Å². The number of rotatable bonds is 2. The van der Waals surface area contributed by atoms with Gasteiger partial charge in [0.1, 0.15) is 18.3 Å². The number of carbonyl (C=O) groups excluding carboxylic acids is 1. The van der Waals surface area contributed by atoms with Gasteiger partial charge in [-0.25, -0.2) is 4.79 Å². The summed E-state index contributed by atoms with van der Waals surface area (Å²) in [7, 11) is 0. The third kappa shape index (κ3) is 3.05. The van der Waals surface area contributed by atoms with Gasteiger partial charge in [-0.15, -0.1) is 0 Å². The standard InChI is InChI=1S/C16H16N2O7/c19-10-8-25-15(13(22)12(10)21)17-7-6-11(20)18(16(17)24)14(23)9-4-2-1-3-5-9/h1-7,10,12-13,15,19,21-22H,8H2/t10-,12-,13-,15?/m1/s1. The predicted molar refractivity (Wildman–Crippen MR) is 84.1 cm³/mol. The summed E-state index contributed by atoms with van der Waals surface area (Å²) in [6.45, 7) is -0.318. The first-order valence-electron chi connectivity index (χ1n) is 7.51. The number of ether oxygens (including phenoxy) is 1. The third-order valence-corrected chi connectivity index (χ3v) is 3.98. The first-order chi connectivity index (χ1) is 11.9. The number of aromatic nitrogens is 2. The fourth-order valence-corrected chi connectivity index (χ4v) is 2.62. The Hall–Kier alpha value is -2.59. The monoisotopic (exact) mass is 348 g/mol. The Morgan fingerprint density at radius 1 is 1.04 bits per heavy atom. The normalized spacial score (nSPS) is 26.4. The lowest BCUT2D eigenvalue weighted by atomic mass is 10.0. The Bertz CT molecular complexity index is 889. The van der Waals surface area contributed by atoms with E-state index in [4.69, 9.17) is 4.74 Å². The molecule has 1 aromatic carbocycles. The maximum absolute atomic E-state index is 12.6. The fourth-order valence-electron chi connectivity index (χ4n) is 2.62. The molecule has 2 heterocycles. The summed E-state index contributed by atoms with van der Waals surface area (Å²) in [6, 6.07) is 8.75. The molecule has 0 radical (unpaired) electrons. The lowest BCUT2D eigenvalue weighted by Crippen LogP contribution is -2.54. The summed E-state index contributed by atoms with van der Waals surface area (Å²) >= 11 is 0. The molecule has 9 nitrogen and oxygen atoms in total. The number of nitrogens with zero attached hydrogens (tertiary/aromatic N) is 2. The predicted octanol–water partition coefficient (Wildman–Crippen LogP) is -1.69. The number of hydrogen-bond donors (Lipinski definition) is 3. The van der Waals surface area contributed by atoms with E-state index < -0.39 is 41.7 Å². The molecule has 1 fully saturated rings. The SMILES string of the molecule is O=C(c1ccccc1)n1c(=O)ccn(C2OC[C@@H](O)[C@@H](O)[C@H]2O)c1=O. The molecule has 3 rings (SSSR count).